The van der Waals surface area contributed by atoms with Crippen molar-refractivity contribution in [1.29, 1.82) is 0 Å². The third-order valence-corrected chi connectivity index (χ3v) is 3.67. The highest BCUT2D eigenvalue weighted by atomic mass is 16.2. The summed E-state index contributed by atoms with van der Waals surface area (Å²) in [5.74, 6) is 2.08. The SMILES string of the molecule is Cc1cnc(C2CC2)n1CCNC(=O)c1nccn1C. The molecule has 6 nitrogen and oxygen atoms in total. The molecule has 0 bridgehead atoms. The van der Waals surface area contributed by atoms with Crippen molar-refractivity contribution in [3.63, 3.8) is 0 Å². The largest absolute Gasteiger partial charge is 0.348 e. The zero-order valence-corrected chi connectivity index (χ0v) is 11.8. The first kappa shape index (κ1) is 12.9. The number of nitrogens with zero attached hydrogens (tertiary/aromatic N) is 4. The molecule has 3 rings (SSSR count). The van der Waals surface area contributed by atoms with E-state index >= 15 is 0 Å². The van der Waals surface area contributed by atoms with Crippen LogP contribution in [0.15, 0.2) is 18.6 Å². The van der Waals surface area contributed by atoms with Gasteiger partial charge in [0.05, 0.1) is 0 Å². The van der Waals surface area contributed by atoms with E-state index in [9.17, 15) is 4.79 Å². The topological polar surface area (TPSA) is 64.7 Å². The van der Waals surface area contributed by atoms with Crippen LogP contribution in [0, 0.1) is 6.92 Å². The normalized spacial score (nSPS) is 14.5. The predicted octanol–water partition coefficient (Wildman–Crippen LogP) is 1.23. The Hall–Kier alpha value is -2.11. The van der Waals surface area contributed by atoms with E-state index < -0.39 is 0 Å². The van der Waals surface area contributed by atoms with Gasteiger partial charge in [-0.2, -0.15) is 0 Å². The first-order valence-electron chi connectivity index (χ1n) is 6.94. The number of imidazole rings is 2. The van der Waals surface area contributed by atoms with Gasteiger partial charge < -0.3 is 14.5 Å². The van der Waals surface area contributed by atoms with Gasteiger partial charge in [-0.05, 0) is 19.8 Å². The summed E-state index contributed by atoms with van der Waals surface area (Å²) < 4.78 is 3.92. The maximum atomic E-state index is 12.0. The van der Waals surface area contributed by atoms with E-state index in [1.807, 2.05) is 13.2 Å². The Morgan fingerprint density at radius 1 is 1.45 bits per heavy atom. The molecule has 0 saturated heterocycles. The Bertz CT molecular complexity index is 623. The van der Waals surface area contributed by atoms with Crippen molar-refractivity contribution in [2.45, 2.75) is 32.2 Å². The Balaban J connectivity index is 1.59. The number of carbonyl (C=O) groups is 1. The van der Waals surface area contributed by atoms with Crippen LogP contribution in [-0.4, -0.2) is 31.6 Å². The second-order valence-electron chi connectivity index (χ2n) is 5.30. The lowest BCUT2D eigenvalue weighted by atomic mass is 10.4. The number of rotatable bonds is 5. The van der Waals surface area contributed by atoms with Crippen molar-refractivity contribution in [2.24, 2.45) is 7.05 Å². The monoisotopic (exact) mass is 273 g/mol. The molecular formula is C14H19N5O. The van der Waals surface area contributed by atoms with Crippen LogP contribution in [0.25, 0.3) is 0 Å². The van der Waals surface area contributed by atoms with Crippen molar-refractivity contribution in [1.82, 2.24) is 24.4 Å². The van der Waals surface area contributed by atoms with Crippen LogP contribution in [0.4, 0.5) is 0 Å². The van der Waals surface area contributed by atoms with Crippen LogP contribution in [0.2, 0.25) is 0 Å². The van der Waals surface area contributed by atoms with Crippen LogP contribution in [0.5, 0.6) is 0 Å². The summed E-state index contributed by atoms with van der Waals surface area (Å²) in [6.45, 7) is 3.40. The fourth-order valence-electron chi connectivity index (χ4n) is 2.38. The van der Waals surface area contributed by atoms with Crippen LogP contribution < -0.4 is 5.32 Å². The summed E-state index contributed by atoms with van der Waals surface area (Å²) >= 11 is 0. The van der Waals surface area contributed by atoms with Crippen LogP contribution in [0.1, 0.15) is 40.9 Å². The molecule has 106 valence electrons. The van der Waals surface area contributed by atoms with Crippen molar-refractivity contribution in [3.05, 3.63) is 35.9 Å². The number of aryl methyl sites for hydroxylation is 2. The van der Waals surface area contributed by atoms with Gasteiger partial charge in [0.2, 0.25) is 0 Å². The molecule has 1 N–H and O–H groups in total. The molecule has 1 amide bonds. The van der Waals surface area contributed by atoms with E-state index in [2.05, 4.69) is 26.8 Å². The lowest BCUT2D eigenvalue weighted by Gasteiger charge is -2.10. The van der Waals surface area contributed by atoms with E-state index in [1.54, 1.807) is 17.0 Å². The summed E-state index contributed by atoms with van der Waals surface area (Å²) in [6.07, 6.45) is 7.76. The number of aromatic nitrogens is 4. The summed E-state index contributed by atoms with van der Waals surface area (Å²) in [6, 6.07) is 0. The summed E-state index contributed by atoms with van der Waals surface area (Å²) in [4.78, 5) is 20.5. The Morgan fingerprint density at radius 3 is 2.90 bits per heavy atom. The highest BCUT2D eigenvalue weighted by Crippen LogP contribution is 2.39. The average molecular weight is 273 g/mol. The molecule has 0 spiro atoms. The molecule has 0 aromatic carbocycles. The third kappa shape index (κ3) is 2.45. The molecular weight excluding hydrogens is 254 g/mol. The fraction of sp³-hybridized carbons (Fsp3) is 0.500. The highest BCUT2D eigenvalue weighted by Gasteiger charge is 2.28. The maximum absolute atomic E-state index is 12.0. The molecule has 2 aromatic rings. The summed E-state index contributed by atoms with van der Waals surface area (Å²) in [5.41, 5.74) is 1.15. The fourth-order valence-corrected chi connectivity index (χ4v) is 2.38. The smallest absolute Gasteiger partial charge is 0.287 e. The minimum atomic E-state index is -0.136. The number of nitrogens with one attached hydrogen (secondary N) is 1. The highest BCUT2D eigenvalue weighted by molar-refractivity contribution is 5.90. The van der Waals surface area contributed by atoms with Crippen molar-refractivity contribution in [3.8, 4) is 0 Å². The molecule has 0 aliphatic heterocycles. The van der Waals surface area contributed by atoms with Gasteiger partial charge in [0, 0.05) is 50.3 Å². The van der Waals surface area contributed by atoms with Gasteiger partial charge in [0.1, 0.15) is 5.82 Å². The van der Waals surface area contributed by atoms with Gasteiger partial charge in [-0.25, -0.2) is 9.97 Å². The van der Waals surface area contributed by atoms with Crippen LogP contribution in [-0.2, 0) is 13.6 Å². The van der Waals surface area contributed by atoms with E-state index in [0.717, 1.165) is 18.1 Å². The van der Waals surface area contributed by atoms with Gasteiger partial charge in [0.25, 0.3) is 5.91 Å². The van der Waals surface area contributed by atoms with E-state index in [0.29, 0.717) is 18.3 Å². The second kappa shape index (κ2) is 5.11. The summed E-state index contributed by atoms with van der Waals surface area (Å²) in [5, 5.41) is 2.91. The quantitative estimate of drug-likeness (QED) is 0.891. The standard InChI is InChI=1S/C14H19N5O/c1-10-9-17-12(11-3-4-11)19(10)8-6-16-14(20)13-15-5-7-18(13)2/h5,7,9,11H,3-4,6,8H2,1-2H3,(H,16,20). The Morgan fingerprint density at radius 2 is 2.25 bits per heavy atom. The van der Waals surface area contributed by atoms with E-state index in [-0.39, 0.29) is 5.91 Å². The first-order valence-corrected chi connectivity index (χ1v) is 6.94. The molecule has 1 fully saturated rings. The van der Waals surface area contributed by atoms with E-state index in [1.165, 1.54) is 12.8 Å². The van der Waals surface area contributed by atoms with Gasteiger partial charge >= 0.3 is 0 Å². The lowest BCUT2D eigenvalue weighted by Crippen LogP contribution is -2.29. The lowest BCUT2D eigenvalue weighted by molar-refractivity contribution is 0.0938. The number of amides is 1. The first-order chi connectivity index (χ1) is 9.66. The Labute approximate surface area is 117 Å². The number of hydrogen-bond acceptors (Lipinski definition) is 3. The van der Waals surface area contributed by atoms with Gasteiger partial charge in [-0.3, -0.25) is 4.79 Å². The van der Waals surface area contributed by atoms with Gasteiger partial charge in [-0.15, -0.1) is 0 Å². The number of hydrogen-bond donors (Lipinski definition) is 1. The van der Waals surface area contributed by atoms with Gasteiger partial charge in [-0.1, -0.05) is 0 Å². The zero-order valence-electron chi connectivity index (χ0n) is 11.8. The molecule has 1 saturated carbocycles. The molecule has 0 atom stereocenters. The minimum Gasteiger partial charge on any atom is -0.348 e. The van der Waals surface area contributed by atoms with Crippen molar-refractivity contribution in [2.75, 3.05) is 6.54 Å². The molecule has 0 radical (unpaired) electrons. The van der Waals surface area contributed by atoms with Crippen LogP contribution in [0.3, 0.4) is 0 Å². The molecule has 6 heteroatoms. The molecule has 1 aliphatic carbocycles. The van der Waals surface area contributed by atoms with Crippen LogP contribution >= 0.6 is 0 Å². The van der Waals surface area contributed by atoms with Crippen molar-refractivity contribution < 1.29 is 4.79 Å². The zero-order chi connectivity index (χ0) is 14.1. The summed E-state index contributed by atoms with van der Waals surface area (Å²) in [7, 11) is 1.81. The number of carbonyl (C=O) groups excluding carboxylic acids is 1. The third-order valence-electron chi connectivity index (χ3n) is 3.67. The maximum Gasteiger partial charge on any atom is 0.287 e. The minimum absolute atomic E-state index is 0.136. The average Bonchev–Trinajstić information content (AvgIpc) is 3.08. The molecule has 1 aliphatic rings. The second-order valence-corrected chi connectivity index (χ2v) is 5.30. The predicted molar refractivity (Wildman–Crippen MR) is 74.5 cm³/mol. The van der Waals surface area contributed by atoms with Crippen molar-refractivity contribution >= 4 is 5.91 Å². The molecule has 20 heavy (non-hydrogen) atoms. The molecule has 0 unspecified atom stereocenters. The Kier molecular flexibility index (Phi) is 3.30. The molecule has 2 heterocycles. The van der Waals surface area contributed by atoms with E-state index in [4.69, 9.17) is 0 Å². The van der Waals surface area contributed by atoms with Gasteiger partial charge in [0.15, 0.2) is 5.82 Å². The molecule has 2 aromatic heterocycles.